The van der Waals surface area contributed by atoms with Crippen molar-refractivity contribution >= 4 is 37.0 Å². The molecular formula is C15H22N2OP2. The van der Waals surface area contributed by atoms with Gasteiger partial charge in [0.2, 0.25) is 0 Å². The number of aromatic nitrogens is 2. The first-order chi connectivity index (χ1) is 9.14. The van der Waals surface area contributed by atoms with Gasteiger partial charge in [-0.3, -0.25) is 0 Å². The van der Waals surface area contributed by atoms with Crippen LogP contribution in [0.2, 0.25) is 0 Å². The van der Waals surface area contributed by atoms with Gasteiger partial charge in [0.1, 0.15) is 12.6 Å². The minimum atomic E-state index is -2.58. The van der Waals surface area contributed by atoms with Crippen molar-refractivity contribution in [1.82, 2.24) is 9.97 Å². The highest BCUT2D eigenvalue weighted by Crippen LogP contribution is 2.53. The Morgan fingerprint density at radius 2 is 1.55 bits per heavy atom. The number of benzene rings is 1. The minimum absolute atomic E-state index is 0.301. The highest BCUT2D eigenvalue weighted by molar-refractivity contribution is 7.75. The van der Waals surface area contributed by atoms with Crippen LogP contribution in [-0.4, -0.2) is 35.1 Å². The molecule has 2 rings (SSSR count). The summed E-state index contributed by atoms with van der Waals surface area (Å²) in [5.74, 6) is 0. The quantitative estimate of drug-likeness (QED) is 0.798. The number of rotatable bonds is 2. The maximum Gasteiger partial charge on any atom is 0.137 e. The van der Waals surface area contributed by atoms with Gasteiger partial charge in [-0.2, -0.15) is 0 Å². The average molecular weight is 308 g/mol. The van der Waals surface area contributed by atoms with E-state index in [1.54, 1.807) is 0 Å². The fraction of sp³-hybridized carbons (Fsp3) is 0.467. The van der Waals surface area contributed by atoms with Crippen LogP contribution in [0.1, 0.15) is 20.8 Å². The molecule has 0 saturated carbocycles. The minimum Gasteiger partial charge on any atom is -0.317 e. The van der Waals surface area contributed by atoms with Crippen LogP contribution >= 0.6 is 15.1 Å². The molecule has 0 bridgehead atoms. The van der Waals surface area contributed by atoms with Crippen molar-refractivity contribution < 1.29 is 4.57 Å². The van der Waals surface area contributed by atoms with E-state index < -0.39 is 15.1 Å². The Balaban J connectivity index is 2.80. The molecule has 0 spiro atoms. The van der Waals surface area contributed by atoms with Gasteiger partial charge in [-0.1, -0.05) is 40.8 Å². The van der Waals surface area contributed by atoms with E-state index in [0.717, 1.165) is 21.9 Å². The second kappa shape index (κ2) is 5.20. The predicted octanol–water partition coefficient (Wildman–Crippen LogP) is 3.41. The zero-order valence-corrected chi connectivity index (χ0v) is 14.8. The van der Waals surface area contributed by atoms with Crippen LogP contribution < -0.4 is 10.9 Å². The maximum atomic E-state index is 13.3. The van der Waals surface area contributed by atoms with E-state index in [9.17, 15) is 4.57 Å². The van der Waals surface area contributed by atoms with Crippen molar-refractivity contribution in [2.75, 3.05) is 20.0 Å². The number of fused-ring (bicyclic) bond motifs is 1. The number of hydrogen-bond donors (Lipinski definition) is 0. The summed E-state index contributed by atoms with van der Waals surface area (Å²) in [6.07, 6.45) is 0. The summed E-state index contributed by atoms with van der Waals surface area (Å²) in [4.78, 5) is 9.47. The summed E-state index contributed by atoms with van der Waals surface area (Å²) in [6.45, 7) is 12.2. The van der Waals surface area contributed by atoms with Gasteiger partial charge in [0.25, 0.3) is 0 Å². The Labute approximate surface area is 122 Å². The zero-order valence-electron chi connectivity index (χ0n) is 13.0. The molecule has 2 aromatic rings. The van der Waals surface area contributed by atoms with Crippen molar-refractivity contribution in [2.24, 2.45) is 0 Å². The molecule has 20 heavy (non-hydrogen) atoms. The normalized spacial score (nSPS) is 15.6. The SMILES string of the molecule is CP(C)c1nc2ccccc2nc1[P@@](C)(=O)C(C)(C)C. The Morgan fingerprint density at radius 1 is 1.05 bits per heavy atom. The third-order valence-electron chi connectivity index (χ3n) is 3.64. The summed E-state index contributed by atoms with van der Waals surface area (Å²) >= 11 is 0. The van der Waals surface area contributed by atoms with Gasteiger partial charge >= 0.3 is 0 Å². The summed E-state index contributed by atoms with van der Waals surface area (Å²) < 4.78 is 13.3. The highest BCUT2D eigenvalue weighted by atomic mass is 31.2. The molecule has 0 fully saturated rings. The Bertz CT molecular complexity index is 690. The summed E-state index contributed by atoms with van der Waals surface area (Å²) in [7, 11) is -3.03. The van der Waals surface area contributed by atoms with Crippen molar-refractivity contribution in [2.45, 2.75) is 25.9 Å². The Kier molecular flexibility index (Phi) is 4.06. The Morgan fingerprint density at radius 3 is 2.00 bits per heavy atom. The lowest BCUT2D eigenvalue weighted by atomic mass is 10.3. The topological polar surface area (TPSA) is 42.9 Å². The standard InChI is InChI=1S/C15H22N2OP2/c1-15(2,3)20(6,18)14-13(19(4)5)16-11-9-7-8-10-12(11)17-14/h7-10H,1-6H3/t20-/m1/s1. The van der Waals surface area contributed by atoms with Gasteiger partial charge in [-0.15, -0.1) is 0 Å². The number of nitrogens with zero attached hydrogens (tertiary/aromatic N) is 2. The van der Waals surface area contributed by atoms with Crippen LogP contribution in [0.4, 0.5) is 0 Å². The van der Waals surface area contributed by atoms with Crippen molar-refractivity contribution in [3.8, 4) is 0 Å². The molecule has 0 aliphatic rings. The van der Waals surface area contributed by atoms with E-state index in [1.807, 2.05) is 51.7 Å². The third kappa shape index (κ3) is 2.67. The van der Waals surface area contributed by atoms with Crippen LogP contribution in [0.5, 0.6) is 0 Å². The van der Waals surface area contributed by atoms with Gasteiger partial charge in [0.15, 0.2) is 0 Å². The summed E-state index contributed by atoms with van der Waals surface area (Å²) in [5.41, 5.74) is 3.37. The van der Waals surface area contributed by atoms with E-state index >= 15 is 0 Å². The molecule has 0 unspecified atom stereocenters. The van der Waals surface area contributed by atoms with Crippen molar-refractivity contribution in [3.63, 3.8) is 0 Å². The van der Waals surface area contributed by atoms with Gasteiger partial charge in [0, 0.05) is 5.16 Å². The van der Waals surface area contributed by atoms with Crippen molar-refractivity contribution in [1.29, 1.82) is 0 Å². The molecule has 0 aliphatic carbocycles. The lowest BCUT2D eigenvalue weighted by Gasteiger charge is -2.29. The maximum absolute atomic E-state index is 13.3. The van der Waals surface area contributed by atoms with Crippen LogP contribution in [0, 0.1) is 0 Å². The molecule has 0 radical (unpaired) electrons. The molecule has 1 aromatic carbocycles. The Hall–Kier alpha value is -0.780. The fourth-order valence-corrected chi connectivity index (χ4v) is 5.18. The molecule has 5 heteroatoms. The first kappa shape index (κ1) is 15.6. The summed E-state index contributed by atoms with van der Waals surface area (Å²) in [6, 6.07) is 7.81. The van der Waals surface area contributed by atoms with Crippen LogP contribution in [0.3, 0.4) is 0 Å². The lowest BCUT2D eigenvalue weighted by Crippen LogP contribution is -2.35. The van der Waals surface area contributed by atoms with Gasteiger partial charge < -0.3 is 4.57 Å². The van der Waals surface area contributed by atoms with Gasteiger partial charge in [0.05, 0.1) is 16.5 Å². The molecule has 0 N–H and O–H groups in total. The molecule has 0 amide bonds. The lowest BCUT2D eigenvalue weighted by molar-refractivity contribution is 0.560. The van der Waals surface area contributed by atoms with E-state index in [-0.39, 0.29) is 5.16 Å². The molecular weight excluding hydrogens is 286 g/mol. The smallest absolute Gasteiger partial charge is 0.137 e. The van der Waals surface area contributed by atoms with Gasteiger partial charge in [-0.25, -0.2) is 9.97 Å². The van der Waals surface area contributed by atoms with E-state index in [1.165, 1.54) is 0 Å². The largest absolute Gasteiger partial charge is 0.317 e. The van der Waals surface area contributed by atoms with E-state index in [2.05, 4.69) is 13.3 Å². The predicted molar refractivity (Wildman–Crippen MR) is 90.9 cm³/mol. The zero-order chi connectivity index (χ0) is 15.1. The molecule has 1 atom stereocenters. The van der Waals surface area contributed by atoms with Gasteiger partial charge in [-0.05, 0) is 32.1 Å². The molecule has 3 nitrogen and oxygen atoms in total. The van der Waals surface area contributed by atoms with Crippen LogP contribution in [0.25, 0.3) is 11.0 Å². The summed E-state index contributed by atoms with van der Waals surface area (Å²) in [5, 5.41) is -0.301. The molecule has 108 valence electrons. The van der Waals surface area contributed by atoms with Crippen LogP contribution in [0.15, 0.2) is 24.3 Å². The molecule has 1 heterocycles. The highest BCUT2D eigenvalue weighted by Gasteiger charge is 2.37. The monoisotopic (exact) mass is 308 g/mol. The van der Waals surface area contributed by atoms with Crippen molar-refractivity contribution in [3.05, 3.63) is 24.3 Å². The fourth-order valence-electron chi connectivity index (χ4n) is 1.89. The van der Waals surface area contributed by atoms with E-state index in [4.69, 9.17) is 9.97 Å². The molecule has 0 aliphatic heterocycles. The van der Waals surface area contributed by atoms with Crippen LogP contribution in [-0.2, 0) is 4.57 Å². The average Bonchev–Trinajstić information content (AvgIpc) is 2.35. The second-order valence-electron chi connectivity index (χ2n) is 6.35. The number of hydrogen-bond acceptors (Lipinski definition) is 3. The first-order valence-electron chi connectivity index (χ1n) is 6.67. The van der Waals surface area contributed by atoms with E-state index in [0.29, 0.717) is 0 Å². The molecule has 1 aromatic heterocycles. The first-order valence-corrected chi connectivity index (χ1v) is 11.1. The third-order valence-corrected chi connectivity index (χ3v) is 8.66. The second-order valence-corrected chi connectivity index (χ2v) is 12.2. The number of para-hydroxylation sites is 2. The molecule has 0 saturated heterocycles.